The average Bonchev–Trinajstić information content (AvgIpc) is 0.845. The number of hydrogen-bond acceptors (Lipinski definition) is 20. The number of halogens is 1. The number of anilines is 8. The molecule has 594 valence electrons. The van der Waals surface area contributed by atoms with E-state index in [0.29, 0.717) is 91.8 Å². The van der Waals surface area contributed by atoms with Crippen LogP contribution >= 0.6 is 11.6 Å². The van der Waals surface area contributed by atoms with Gasteiger partial charge in [-0.25, -0.2) is 19.9 Å². The van der Waals surface area contributed by atoms with E-state index >= 15 is 0 Å². The summed E-state index contributed by atoms with van der Waals surface area (Å²) in [4.78, 5) is 64.4. The molecule has 0 unspecified atom stereocenters. The molecule has 16 aromatic rings. The predicted molar refractivity (Wildman–Crippen MR) is 474 cm³/mol. The maximum atomic E-state index is 9.43. The minimum absolute atomic E-state index is 0.00689. The van der Waals surface area contributed by atoms with Crippen LogP contribution in [0.15, 0.2) is 298 Å². The smallest absolute Gasteiger partial charge is 0.230 e. The molecule has 20 nitrogen and oxygen atoms in total. The number of benzene rings is 10. The number of ether oxygens (including phenoxy) is 1. The zero-order chi connectivity index (χ0) is 82.5. The second kappa shape index (κ2) is 41.9. The summed E-state index contributed by atoms with van der Waals surface area (Å²) in [6.07, 6.45) is 12.0. The average molecular weight is 1590 g/mol. The lowest BCUT2D eigenvalue weighted by molar-refractivity contribution is 0.281. The number of aryl methyl sites for hydroxylation is 6. The number of para-hydroxylation sites is 2. The number of aliphatic hydroxyl groups is 1. The van der Waals surface area contributed by atoms with Crippen molar-refractivity contribution in [2.45, 2.75) is 99.5 Å². The molecule has 21 heteroatoms. The van der Waals surface area contributed by atoms with Crippen molar-refractivity contribution in [2.24, 2.45) is 0 Å². The van der Waals surface area contributed by atoms with Crippen LogP contribution < -0.4 is 26.0 Å². The van der Waals surface area contributed by atoms with Gasteiger partial charge in [0.15, 0.2) is 0 Å². The Balaban J connectivity index is 0.000000137. The van der Waals surface area contributed by atoms with Gasteiger partial charge in [0.2, 0.25) is 23.8 Å². The first kappa shape index (κ1) is 82.8. The highest BCUT2D eigenvalue weighted by molar-refractivity contribution is 6.33. The highest BCUT2D eigenvalue weighted by Gasteiger charge is 2.17. The van der Waals surface area contributed by atoms with Crippen molar-refractivity contribution in [3.05, 3.63) is 433 Å². The Labute approximate surface area is 700 Å². The van der Waals surface area contributed by atoms with Crippen molar-refractivity contribution < 1.29 is 9.84 Å². The van der Waals surface area contributed by atoms with Crippen molar-refractivity contribution >= 4 is 58.1 Å². The molecule has 0 spiro atoms. The molecule has 0 amide bonds. The number of methoxy groups -OCH3 is 1. The number of hydrogen-bond donors (Lipinski definition) is 5. The molecule has 0 bridgehead atoms. The molecule has 10 aromatic carbocycles. The first-order chi connectivity index (χ1) is 58.0. The van der Waals surface area contributed by atoms with Gasteiger partial charge in [-0.1, -0.05) is 257 Å². The molecule has 6 heterocycles. The van der Waals surface area contributed by atoms with E-state index in [1.165, 1.54) is 66.8 Å². The van der Waals surface area contributed by atoms with Gasteiger partial charge in [-0.2, -0.15) is 39.9 Å². The zero-order valence-electron chi connectivity index (χ0n) is 67.6. The first-order valence-corrected chi connectivity index (χ1v) is 39.7. The van der Waals surface area contributed by atoms with E-state index in [1.807, 2.05) is 127 Å². The lowest BCUT2D eigenvalue weighted by Gasteiger charge is -2.11. The standard InChI is InChI=1S/C25H23ClN4.C25H24N4O2.2C24H23N5/c1-17-7-5-9-19(13-17)15-23-28-24(16-20-10-6-8-18(2)14-20)30-25(29-23)27-22-12-4-3-11-21(22)26;1-31-22-12-6-8-19(14-22)16-24-27-23(15-18-7-5-9-20(13-18)17-30)28-25(29-24)26-21-10-3-2-4-11-21;1-17-6-3-8-19(12-17)14-22-27-23(15-20-9-4-7-18(2)13-20)29-24(28-22)26-21-10-5-11-25-16-21;1-17-5-3-7-19(13-17)15-22-27-23(16-20-8-4-6-18(2)14-20)29-24(28-22)26-21-9-11-25-12-10-21/h3-14H,15-16H2,1-2H3,(H,27,28,29,30);2-14,30H,15-17H2,1H3,(H,26,27,28,29);3-13,16H,14-15H2,1-2H3,(H,26,27,28,29);3-14H,15-16H2,1-2H3,(H,25,26,27,28,29). The minimum Gasteiger partial charge on any atom is -0.497 e. The third-order valence-corrected chi connectivity index (χ3v) is 18.9. The molecule has 16 rings (SSSR count). The molecule has 0 aliphatic carbocycles. The Morgan fingerprint density at radius 1 is 0.269 bits per heavy atom. The molecular formula is C98H93ClN18O2. The molecule has 0 aliphatic heterocycles. The van der Waals surface area contributed by atoms with Crippen LogP contribution in [0.5, 0.6) is 5.75 Å². The Hall–Kier alpha value is -14.2. The molecule has 0 aliphatic rings. The van der Waals surface area contributed by atoms with Crippen LogP contribution in [0.25, 0.3) is 0 Å². The Morgan fingerprint density at radius 2 is 0.571 bits per heavy atom. The van der Waals surface area contributed by atoms with Gasteiger partial charge in [0.1, 0.15) is 52.3 Å². The van der Waals surface area contributed by atoms with E-state index in [4.69, 9.17) is 36.3 Å². The molecule has 6 aromatic heterocycles. The van der Waals surface area contributed by atoms with Gasteiger partial charge in [0, 0.05) is 81.3 Å². The normalized spacial score (nSPS) is 10.7. The third kappa shape index (κ3) is 26.7. The summed E-state index contributed by atoms with van der Waals surface area (Å²) in [6, 6.07) is 91.2. The molecule has 119 heavy (non-hydrogen) atoms. The van der Waals surface area contributed by atoms with Gasteiger partial charge in [0.25, 0.3) is 0 Å². The number of rotatable bonds is 26. The molecule has 0 fully saturated rings. The van der Waals surface area contributed by atoms with E-state index in [9.17, 15) is 5.11 Å². The van der Waals surface area contributed by atoms with Crippen LogP contribution in [-0.2, 0) is 58.0 Å². The third-order valence-electron chi connectivity index (χ3n) is 18.6. The van der Waals surface area contributed by atoms with Gasteiger partial charge in [-0.15, -0.1) is 0 Å². The van der Waals surface area contributed by atoms with Crippen LogP contribution in [0.3, 0.4) is 0 Å². The SMILES string of the molecule is COc1cccc(Cc2nc(Cc3cccc(CO)c3)nc(Nc3ccccc3)n2)c1.Cc1cccc(Cc2nc(Cc3cccc(C)c3)nc(Nc3ccccc3Cl)n2)c1.Cc1cccc(Cc2nc(Cc3cccc(C)c3)nc(Nc3cccnc3)n2)c1.Cc1cccc(Cc2nc(Cc3cccc(C)c3)nc(Nc3ccncc3)n2)c1. The highest BCUT2D eigenvalue weighted by atomic mass is 35.5. The predicted octanol–water partition coefficient (Wildman–Crippen LogP) is 20.0. The molecular weight excluding hydrogens is 1500 g/mol. The van der Waals surface area contributed by atoms with E-state index in [1.54, 1.807) is 31.9 Å². The molecule has 0 atom stereocenters. The summed E-state index contributed by atoms with van der Waals surface area (Å²) in [5.74, 6) is 8.71. The van der Waals surface area contributed by atoms with E-state index < -0.39 is 0 Å². The summed E-state index contributed by atoms with van der Waals surface area (Å²) < 4.78 is 5.33. The number of nitrogens with zero attached hydrogens (tertiary/aromatic N) is 14. The maximum Gasteiger partial charge on any atom is 0.230 e. The van der Waals surface area contributed by atoms with Crippen LogP contribution in [0.4, 0.5) is 46.5 Å². The number of nitrogens with one attached hydrogen (secondary N) is 4. The molecule has 0 saturated carbocycles. The first-order valence-electron chi connectivity index (χ1n) is 39.3. The largest absolute Gasteiger partial charge is 0.497 e. The fourth-order valence-corrected chi connectivity index (χ4v) is 13.4. The molecule has 0 radical (unpaired) electrons. The van der Waals surface area contributed by atoms with Crippen molar-refractivity contribution in [1.29, 1.82) is 0 Å². The summed E-state index contributed by atoms with van der Waals surface area (Å²) in [7, 11) is 1.66. The lowest BCUT2D eigenvalue weighted by Crippen LogP contribution is -2.09. The second-order valence-electron chi connectivity index (χ2n) is 29.0. The lowest BCUT2D eigenvalue weighted by atomic mass is 10.1. The van der Waals surface area contributed by atoms with Crippen molar-refractivity contribution in [1.82, 2.24) is 69.8 Å². The van der Waals surface area contributed by atoms with Gasteiger partial charge >= 0.3 is 0 Å². The fourth-order valence-electron chi connectivity index (χ4n) is 13.2. The van der Waals surface area contributed by atoms with E-state index in [2.05, 4.69) is 258 Å². The Morgan fingerprint density at radius 3 is 0.916 bits per heavy atom. The van der Waals surface area contributed by atoms with Gasteiger partial charge in [-0.3, -0.25) is 9.97 Å². The van der Waals surface area contributed by atoms with E-state index in [0.717, 1.165) is 80.1 Å². The van der Waals surface area contributed by atoms with Gasteiger partial charge in [-0.05, 0) is 152 Å². The Kier molecular flexibility index (Phi) is 29.1. The quantitative estimate of drug-likeness (QED) is 0.0337. The molecule has 5 N–H and O–H groups in total. The highest BCUT2D eigenvalue weighted by Crippen LogP contribution is 2.27. The summed E-state index contributed by atoms with van der Waals surface area (Å²) in [5.41, 5.74) is 20.8. The number of aliphatic hydroxyl groups excluding tert-OH is 1. The minimum atomic E-state index is 0.00689. The second-order valence-corrected chi connectivity index (χ2v) is 29.4. The number of aromatic nitrogens is 14. The number of pyridine rings is 2. The zero-order valence-corrected chi connectivity index (χ0v) is 68.4. The van der Waals surface area contributed by atoms with Crippen molar-refractivity contribution in [3.8, 4) is 5.75 Å². The van der Waals surface area contributed by atoms with Crippen molar-refractivity contribution in [2.75, 3.05) is 28.4 Å². The fraction of sp³-hybridized carbons (Fsp3) is 0.163. The van der Waals surface area contributed by atoms with Crippen LogP contribution in [0.2, 0.25) is 5.02 Å². The van der Waals surface area contributed by atoms with Crippen LogP contribution in [0, 0.1) is 41.5 Å². The van der Waals surface area contributed by atoms with E-state index in [-0.39, 0.29) is 6.61 Å². The van der Waals surface area contributed by atoms with Crippen molar-refractivity contribution in [3.63, 3.8) is 0 Å². The van der Waals surface area contributed by atoms with Gasteiger partial charge in [0.05, 0.1) is 36.3 Å². The summed E-state index contributed by atoms with van der Waals surface area (Å²) >= 11 is 6.31. The monoisotopic (exact) mass is 1590 g/mol. The molecule has 0 saturated heterocycles. The van der Waals surface area contributed by atoms with Gasteiger partial charge < -0.3 is 31.1 Å². The Bertz CT molecular complexity index is 5560. The maximum absolute atomic E-state index is 9.43. The summed E-state index contributed by atoms with van der Waals surface area (Å²) in [5, 5.41) is 23.1. The van der Waals surface area contributed by atoms with Crippen LogP contribution in [0.1, 0.15) is 130 Å². The summed E-state index contributed by atoms with van der Waals surface area (Å²) in [6.45, 7) is 12.6. The topological polar surface area (TPSA) is 258 Å². The van der Waals surface area contributed by atoms with Crippen LogP contribution in [-0.4, -0.2) is 82.0 Å².